The fourth-order valence-electron chi connectivity index (χ4n) is 3.02. The fourth-order valence-corrected chi connectivity index (χ4v) is 3.02. The number of nitrogens with one attached hydrogen (secondary N) is 1. The Morgan fingerprint density at radius 1 is 0.750 bits per heavy atom. The van der Waals surface area contributed by atoms with Crippen molar-refractivity contribution >= 4 is 11.9 Å². The second-order valence-corrected chi connectivity index (χ2v) is 7.23. The molecule has 0 aliphatic carbocycles. The van der Waals surface area contributed by atoms with E-state index in [4.69, 9.17) is 14.2 Å². The number of benzene rings is 3. The van der Waals surface area contributed by atoms with E-state index < -0.39 is 18.0 Å². The first-order chi connectivity index (χ1) is 15.6. The highest BCUT2D eigenvalue weighted by molar-refractivity contribution is 5.82. The van der Waals surface area contributed by atoms with Gasteiger partial charge in [0.05, 0.1) is 13.5 Å². The predicted octanol–water partition coefficient (Wildman–Crippen LogP) is 4.03. The van der Waals surface area contributed by atoms with Gasteiger partial charge >= 0.3 is 11.9 Å². The van der Waals surface area contributed by atoms with Crippen LogP contribution in [-0.2, 0) is 38.8 Å². The van der Waals surface area contributed by atoms with Gasteiger partial charge < -0.3 is 14.2 Å². The van der Waals surface area contributed by atoms with Crippen molar-refractivity contribution in [1.82, 2.24) is 5.32 Å². The van der Waals surface area contributed by atoms with Gasteiger partial charge in [-0.2, -0.15) is 0 Å². The minimum absolute atomic E-state index is 0.128. The molecule has 166 valence electrons. The lowest BCUT2D eigenvalue weighted by Crippen LogP contribution is -2.39. The van der Waals surface area contributed by atoms with Crippen LogP contribution >= 0.6 is 0 Å². The summed E-state index contributed by atoms with van der Waals surface area (Å²) in [5.41, 5.74) is 2.71. The number of methoxy groups -OCH3 is 1. The van der Waals surface area contributed by atoms with Gasteiger partial charge in [0.2, 0.25) is 0 Å². The smallest absolute Gasteiger partial charge is 0.324 e. The third-order valence-electron chi connectivity index (χ3n) is 4.83. The molecule has 1 atom stereocenters. The topological polar surface area (TPSA) is 73.9 Å². The Morgan fingerprint density at radius 2 is 1.31 bits per heavy atom. The third kappa shape index (κ3) is 7.56. The fraction of sp³-hybridized carbons (Fsp3) is 0.231. The zero-order valence-corrected chi connectivity index (χ0v) is 18.0. The van der Waals surface area contributed by atoms with E-state index in [9.17, 15) is 9.59 Å². The van der Waals surface area contributed by atoms with Crippen LogP contribution in [0, 0.1) is 0 Å². The van der Waals surface area contributed by atoms with Crippen molar-refractivity contribution in [2.75, 3.05) is 7.11 Å². The summed E-state index contributed by atoms with van der Waals surface area (Å²) in [7, 11) is 1.60. The Labute approximate surface area is 188 Å². The Bertz CT molecular complexity index is 974. The van der Waals surface area contributed by atoms with Crippen LogP contribution in [0.1, 0.15) is 23.1 Å². The van der Waals surface area contributed by atoms with E-state index in [-0.39, 0.29) is 19.6 Å². The maximum Gasteiger partial charge on any atom is 0.324 e. The largest absolute Gasteiger partial charge is 0.497 e. The molecular weight excluding hydrogens is 406 g/mol. The second kappa shape index (κ2) is 12.3. The number of hydrogen-bond donors (Lipinski definition) is 1. The van der Waals surface area contributed by atoms with Gasteiger partial charge in [0.25, 0.3) is 0 Å². The summed E-state index contributed by atoms with van der Waals surface area (Å²) < 4.78 is 16.0. The van der Waals surface area contributed by atoms with Crippen molar-refractivity contribution in [1.29, 1.82) is 0 Å². The standard InChI is InChI=1S/C26H27NO5/c1-30-23-14-12-20(13-15-23)17-27-24(26(29)32-19-22-10-6-3-7-11-22)16-25(28)31-18-21-8-4-2-5-9-21/h2-15,24,27H,16-19H2,1H3/t24-/m0/s1. The van der Waals surface area contributed by atoms with Crippen LogP contribution in [0.4, 0.5) is 0 Å². The number of hydrogen-bond acceptors (Lipinski definition) is 6. The molecule has 3 aromatic rings. The minimum atomic E-state index is -0.830. The number of carbonyl (C=O) groups is 2. The maximum absolute atomic E-state index is 12.7. The molecule has 0 amide bonds. The summed E-state index contributed by atoms with van der Waals surface area (Å²) in [6.07, 6.45) is -0.128. The normalized spacial score (nSPS) is 11.4. The van der Waals surface area contributed by atoms with Crippen LogP contribution in [-0.4, -0.2) is 25.1 Å². The summed E-state index contributed by atoms with van der Waals surface area (Å²) >= 11 is 0. The Balaban J connectivity index is 1.58. The van der Waals surface area contributed by atoms with Gasteiger partial charge in [0.15, 0.2) is 0 Å². The van der Waals surface area contributed by atoms with Gasteiger partial charge in [0, 0.05) is 6.54 Å². The number of ether oxygens (including phenoxy) is 3. The summed E-state index contributed by atoms with van der Waals surface area (Å²) in [5, 5.41) is 3.12. The molecule has 0 fully saturated rings. The summed E-state index contributed by atoms with van der Waals surface area (Å²) in [6, 6.07) is 25.5. The van der Waals surface area contributed by atoms with Crippen molar-refractivity contribution in [3.8, 4) is 5.75 Å². The van der Waals surface area contributed by atoms with E-state index in [2.05, 4.69) is 5.32 Å². The van der Waals surface area contributed by atoms with Gasteiger partial charge in [0.1, 0.15) is 25.0 Å². The van der Waals surface area contributed by atoms with Crippen LogP contribution in [0.3, 0.4) is 0 Å². The Kier molecular flexibility index (Phi) is 8.83. The van der Waals surface area contributed by atoms with Crippen molar-refractivity contribution in [2.45, 2.75) is 32.2 Å². The number of esters is 2. The summed E-state index contributed by atoms with van der Waals surface area (Å²) in [6.45, 7) is 0.685. The first-order valence-corrected chi connectivity index (χ1v) is 10.4. The van der Waals surface area contributed by atoms with Crippen molar-refractivity contribution in [3.63, 3.8) is 0 Å². The molecule has 3 aromatic carbocycles. The lowest BCUT2D eigenvalue weighted by Gasteiger charge is -2.17. The molecule has 6 heteroatoms. The van der Waals surface area contributed by atoms with E-state index >= 15 is 0 Å². The van der Waals surface area contributed by atoms with Crippen LogP contribution in [0.5, 0.6) is 5.75 Å². The van der Waals surface area contributed by atoms with E-state index in [1.807, 2.05) is 84.9 Å². The predicted molar refractivity (Wildman–Crippen MR) is 121 cm³/mol. The van der Waals surface area contributed by atoms with Crippen LogP contribution in [0.2, 0.25) is 0 Å². The molecule has 32 heavy (non-hydrogen) atoms. The monoisotopic (exact) mass is 433 g/mol. The van der Waals surface area contributed by atoms with Gasteiger partial charge in [-0.25, -0.2) is 0 Å². The molecule has 0 radical (unpaired) electrons. The van der Waals surface area contributed by atoms with Gasteiger partial charge in [-0.3, -0.25) is 14.9 Å². The second-order valence-electron chi connectivity index (χ2n) is 7.23. The van der Waals surface area contributed by atoms with Gasteiger partial charge in [-0.15, -0.1) is 0 Å². The SMILES string of the molecule is COc1ccc(CN[C@@H](CC(=O)OCc2ccccc2)C(=O)OCc2ccccc2)cc1. The quantitative estimate of drug-likeness (QED) is 0.460. The molecule has 1 N–H and O–H groups in total. The van der Waals surface area contributed by atoms with Crippen molar-refractivity contribution in [2.24, 2.45) is 0 Å². The van der Waals surface area contributed by atoms with E-state index in [0.29, 0.717) is 6.54 Å². The van der Waals surface area contributed by atoms with Crippen LogP contribution in [0.15, 0.2) is 84.9 Å². The first kappa shape index (κ1) is 23.0. The highest BCUT2D eigenvalue weighted by Gasteiger charge is 2.24. The first-order valence-electron chi connectivity index (χ1n) is 10.4. The molecule has 0 bridgehead atoms. The van der Waals surface area contributed by atoms with Crippen molar-refractivity contribution < 1.29 is 23.8 Å². The molecule has 0 spiro atoms. The lowest BCUT2D eigenvalue weighted by molar-refractivity contribution is -0.154. The molecule has 0 unspecified atom stereocenters. The third-order valence-corrected chi connectivity index (χ3v) is 4.83. The molecule has 0 aliphatic heterocycles. The zero-order chi connectivity index (χ0) is 22.6. The van der Waals surface area contributed by atoms with E-state index in [0.717, 1.165) is 22.4 Å². The average Bonchev–Trinajstić information content (AvgIpc) is 2.85. The lowest BCUT2D eigenvalue weighted by atomic mass is 10.1. The molecule has 0 aliphatic rings. The molecule has 0 saturated carbocycles. The highest BCUT2D eigenvalue weighted by atomic mass is 16.5. The van der Waals surface area contributed by atoms with E-state index in [1.165, 1.54) is 0 Å². The summed E-state index contributed by atoms with van der Waals surface area (Å²) in [4.78, 5) is 25.1. The minimum Gasteiger partial charge on any atom is -0.497 e. The summed E-state index contributed by atoms with van der Waals surface area (Å²) in [5.74, 6) is -0.228. The Morgan fingerprint density at radius 3 is 1.88 bits per heavy atom. The average molecular weight is 434 g/mol. The molecule has 0 aromatic heterocycles. The van der Waals surface area contributed by atoms with Gasteiger partial charge in [-0.05, 0) is 28.8 Å². The number of carbonyl (C=O) groups excluding carboxylic acids is 2. The molecule has 6 nitrogen and oxygen atoms in total. The van der Waals surface area contributed by atoms with Crippen LogP contribution in [0.25, 0.3) is 0 Å². The van der Waals surface area contributed by atoms with Crippen LogP contribution < -0.4 is 10.1 Å². The molecular formula is C26H27NO5. The number of rotatable bonds is 11. The zero-order valence-electron chi connectivity index (χ0n) is 18.0. The van der Waals surface area contributed by atoms with E-state index in [1.54, 1.807) is 7.11 Å². The Hall–Kier alpha value is -3.64. The molecule has 3 rings (SSSR count). The van der Waals surface area contributed by atoms with Gasteiger partial charge in [-0.1, -0.05) is 72.8 Å². The van der Waals surface area contributed by atoms with Crippen molar-refractivity contribution in [3.05, 3.63) is 102 Å². The maximum atomic E-state index is 12.7. The molecule has 0 heterocycles. The highest BCUT2D eigenvalue weighted by Crippen LogP contribution is 2.12. The molecule has 0 saturated heterocycles.